The van der Waals surface area contributed by atoms with Crippen LogP contribution < -0.4 is 4.74 Å². The molecule has 0 unspecified atom stereocenters. The Balaban J connectivity index is 1.30. The van der Waals surface area contributed by atoms with Gasteiger partial charge in [-0.2, -0.15) is 0 Å². The number of carbonyl (C=O) groups excluding carboxylic acids is 1. The van der Waals surface area contributed by atoms with Gasteiger partial charge in [-0.05, 0) is 81.1 Å². The first kappa shape index (κ1) is 29.9. The lowest BCUT2D eigenvalue weighted by molar-refractivity contribution is 0.0207. The van der Waals surface area contributed by atoms with Crippen molar-refractivity contribution in [2.75, 3.05) is 0 Å². The Morgan fingerprint density at radius 3 is 2.33 bits per heavy atom. The maximum absolute atomic E-state index is 12.4. The minimum absolute atomic E-state index is 0.455. The molecule has 2 aromatic heterocycles. The number of fused-ring (bicyclic) bond motifs is 1. The maximum Gasteiger partial charge on any atom is 0.514 e. The van der Waals surface area contributed by atoms with Gasteiger partial charge in [0.1, 0.15) is 29.1 Å². The van der Waals surface area contributed by atoms with Crippen molar-refractivity contribution in [2.24, 2.45) is 0 Å². The van der Waals surface area contributed by atoms with E-state index >= 15 is 0 Å². The molecule has 0 aliphatic heterocycles. The van der Waals surface area contributed by atoms with Crippen molar-refractivity contribution in [2.45, 2.75) is 59.6 Å². The van der Waals surface area contributed by atoms with Crippen LogP contribution in [-0.2, 0) is 17.7 Å². The highest BCUT2D eigenvalue weighted by molar-refractivity contribution is 5.85. The summed E-state index contributed by atoms with van der Waals surface area (Å²) in [5, 5.41) is 0. The van der Waals surface area contributed by atoms with Gasteiger partial charge in [0.05, 0.1) is 11.0 Å². The van der Waals surface area contributed by atoms with E-state index in [9.17, 15) is 4.79 Å². The summed E-state index contributed by atoms with van der Waals surface area (Å²) >= 11 is 0. The number of rotatable bonds is 8. The first-order valence-electron chi connectivity index (χ1n) is 15.3. The predicted octanol–water partition coefficient (Wildman–Crippen LogP) is 9.65. The van der Waals surface area contributed by atoms with E-state index in [0.29, 0.717) is 18.2 Å². The predicted molar refractivity (Wildman–Crippen MR) is 177 cm³/mol. The third-order valence-electron chi connectivity index (χ3n) is 7.49. The van der Waals surface area contributed by atoms with Crippen LogP contribution in [-0.4, -0.2) is 26.3 Å². The number of hydrogen-bond acceptors (Lipinski definition) is 6. The molecule has 2 heterocycles. The van der Waals surface area contributed by atoms with Crippen molar-refractivity contribution < 1.29 is 18.7 Å². The van der Waals surface area contributed by atoms with Gasteiger partial charge in [0.25, 0.3) is 0 Å². The highest BCUT2D eigenvalue weighted by atomic mass is 16.7. The Labute approximate surface area is 263 Å². The molecule has 0 radical (unpaired) electrons. The highest BCUT2D eigenvalue weighted by Crippen LogP contribution is 2.33. The summed E-state index contributed by atoms with van der Waals surface area (Å²) < 4.78 is 19.1. The molecule has 0 bridgehead atoms. The normalized spacial score (nSPS) is 11.6. The van der Waals surface area contributed by atoms with Crippen molar-refractivity contribution in [3.63, 3.8) is 0 Å². The van der Waals surface area contributed by atoms with Gasteiger partial charge in [0, 0.05) is 29.7 Å². The Morgan fingerprint density at radius 1 is 0.867 bits per heavy atom. The molecule has 0 atom stereocenters. The number of nitrogens with zero attached hydrogens (tertiary/aromatic N) is 3. The second kappa shape index (κ2) is 12.4. The van der Waals surface area contributed by atoms with Crippen LogP contribution >= 0.6 is 0 Å². The summed E-state index contributed by atoms with van der Waals surface area (Å²) in [5.41, 5.74) is 8.15. The summed E-state index contributed by atoms with van der Waals surface area (Å²) in [5.74, 6) is 2.11. The molecule has 6 aromatic rings. The number of hydrogen-bond donors (Lipinski definition) is 0. The van der Waals surface area contributed by atoms with Gasteiger partial charge in [-0.25, -0.2) is 14.8 Å². The maximum atomic E-state index is 12.4. The van der Waals surface area contributed by atoms with Crippen molar-refractivity contribution in [1.29, 1.82) is 0 Å². The number of ether oxygens (including phenoxy) is 2. The van der Waals surface area contributed by atoms with Crippen LogP contribution in [0.3, 0.4) is 0 Å². The lowest BCUT2D eigenvalue weighted by Crippen LogP contribution is -2.26. The summed E-state index contributed by atoms with van der Waals surface area (Å²) in [6.45, 7) is 10.4. The average molecular weight is 600 g/mol. The van der Waals surface area contributed by atoms with Crippen LogP contribution in [0.4, 0.5) is 4.79 Å². The number of para-hydroxylation sites is 1. The number of carbonyl (C=O) groups is 1. The minimum Gasteiger partial charge on any atom is -0.444 e. The molecule has 228 valence electrons. The molecule has 0 amide bonds. The van der Waals surface area contributed by atoms with Gasteiger partial charge in [-0.15, -0.1) is 0 Å². The SMILES string of the molecule is CCCc1nc2c(C)cc(-c3coc(-c4ccccc4)n3)cc2n1Cc1ccc(-c2ccccc2OC(=O)OC(C)(C)C)cc1. The van der Waals surface area contributed by atoms with E-state index in [2.05, 4.69) is 54.8 Å². The molecule has 0 spiro atoms. The van der Waals surface area contributed by atoms with Crippen LogP contribution in [0.15, 0.2) is 102 Å². The Hall–Kier alpha value is -5.17. The lowest BCUT2D eigenvalue weighted by atomic mass is 10.0. The molecular formula is C38H37N3O4. The zero-order chi connectivity index (χ0) is 31.6. The number of aryl methyl sites for hydroxylation is 2. The molecule has 0 aliphatic carbocycles. The van der Waals surface area contributed by atoms with Crippen LogP contribution in [0.5, 0.6) is 5.75 Å². The van der Waals surface area contributed by atoms with E-state index in [1.807, 2.05) is 69.3 Å². The summed E-state index contributed by atoms with van der Waals surface area (Å²) in [4.78, 5) is 22.3. The third-order valence-corrected chi connectivity index (χ3v) is 7.49. The zero-order valence-corrected chi connectivity index (χ0v) is 26.3. The molecule has 7 nitrogen and oxygen atoms in total. The molecule has 6 rings (SSSR count). The molecule has 0 saturated carbocycles. The van der Waals surface area contributed by atoms with Gasteiger partial charge < -0.3 is 18.5 Å². The average Bonchev–Trinajstić information content (AvgIpc) is 3.64. The fraction of sp³-hybridized carbons (Fsp3) is 0.237. The van der Waals surface area contributed by atoms with Crippen LogP contribution in [0.1, 0.15) is 51.1 Å². The Morgan fingerprint density at radius 2 is 1.60 bits per heavy atom. The molecule has 45 heavy (non-hydrogen) atoms. The molecule has 0 aliphatic rings. The van der Waals surface area contributed by atoms with Gasteiger partial charge in [0.2, 0.25) is 5.89 Å². The highest BCUT2D eigenvalue weighted by Gasteiger charge is 2.20. The van der Waals surface area contributed by atoms with E-state index in [0.717, 1.165) is 68.8 Å². The second-order valence-electron chi connectivity index (χ2n) is 12.2. The number of imidazole rings is 1. The van der Waals surface area contributed by atoms with Crippen molar-refractivity contribution >= 4 is 17.2 Å². The van der Waals surface area contributed by atoms with E-state index in [1.165, 1.54) is 0 Å². The third kappa shape index (κ3) is 6.68. The Bertz CT molecular complexity index is 1950. The van der Waals surface area contributed by atoms with Crippen LogP contribution in [0.25, 0.3) is 44.9 Å². The molecule has 0 saturated heterocycles. The summed E-state index contributed by atoms with van der Waals surface area (Å²) in [6, 6.07) is 30.1. The molecule has 4 aromatic carbocycles. The van der Waals surface area contributed by atoms with Gasteiger partial charge in [0.15, 0.2) is 0 Å². The largest absolute Gasteiger partial charge is 0.514 e. The van der Waals surface area contributed by atoms with E-state index in [-0.39, 0.29) is 0 Å². The van der Waals surface area contributed by atoms with E-state index < -0.39 is 11.8 Å². The summed E-state index contributed by atoms with van der Waals surface area (Å²) in [7, 11) is 0. The number of oxazole rings is 1. The first-order chi connectivity index (χ1) is 21.7. The fourth-order valence-electron chi connectivity index (χ4n) is 5.43. The number of aromatic nitrogens is 3. The van der Waals surface area contributed by atoms with Crippen molar-refractivity contribution in [3.8, 4) is 39.6 Å². The van der Waals surface area contributed by atoms with E-state index in [1.54, 1.807) is 12.3 Å². The quantitative estimate of drug-likeness (QED) is 0.128. The second-order valence-corrected chi connectivity index (χ2v) is 12.2. The smallest absolute Gasteiger partial charge is 0.444 e. The molecule has 7 heteroatoms. The monoisotopic (exact) mass is 599 g/mol. The van der Waals surface area contributed by atoms with Gasteiger partial charge in [-0.1, -0.05) is 67.6 Å². The fourth-order valence-corrected chi connectivity index (χ4v) is 5.43. The molecular weight excluding hydrogens is 562 g/mol. The molecule has 0 N–H and O–H groups in total. The number of benzene rings is 4. The van der Waals surface area contributed by atoms with Gasteiger partial charge >= 0.3 is 6.16 Å². The standard InChI is InChI=1S/C38H37N3O4/c1-6-12-34-40-35-25(2)21-29(31-24-43-36(39-31)28-13-8-7-9-14-28)22-32(35)41(34)23-26-17-19-27(20-18-26)30-15-10-11-16-33(30)44-37(42)45-38(3,4)5/h7-11,13-22,24H,6,12,23H2,1-5H3. The van der Waals surface area contributed by atoms with Crippen molar-refractivity contribution in [3.05, 3.63) is 114 Å². The summed E-state index contributed by atoms with van der Waals surface area (Å²) in [6.07, 6.45) is 2.86. The minimum atomic E-state index is -0.724. The van der Waals surface area contributed by atoms with E-state index in [4.69, 9.17) is 23.9 Å². The van der Waals surface area contributed by atoms with Gasteiger partial charge in [-0.3, -0.25) is 0 Å². The van der Waals surface area contributed by atoms with Crippen LogP contribution in [0.2, 0.25) is 0 Å². The first-order valence-corrected chi connectivity index (χ1v) is 15.3. The molecule has 0 fully saturated rings. The topological polar surface area (TPSA) is 79.4 Å². The van der Waals surface area contributed by atoms with Crippen molar-refractivity contribution in [1.82, 2.24) is 14.5 Å². The van der Waals surface area contributed by atoms with Crippen LogP contribution in [0, 0.1) is 6.92 Å². The zero-order valence-electron chi connectivity index (χ0n) is 26.3. The lowest BCUT2D eigenvalue weighted by Gasteiger charge is -2.19. The Kier molecular flexibility index (Phi) is 8.26.